The van der Waals surface area contributed by atoms with Gasteiger partial charge in [-0.2, -0.15) is 24.9 Å². The lowest BCUT2D eigenvalue weighted by atomic mass is 10.2. The lowest BCUT2D eigenvalue weighted by Crippen LogP contribution is -2.43. The topological polar surface area (TPSA) is 62.6 Å². The second-order valence-electron chi connectivity index (χ2n) is 6.45. The Bertz CT molecular complexity index is 888. The minimum absolute atomic E-state index is 0.0512. The largest absolute Gasteiger partial charge is 0.467 e. The molecule has 0 bridgehead atoms. The van der Waals surface area contributed by atoms with Gasteiger partial charge in [-0.15, -0.1) is 11.8 Å². The van der Waals surface area contributed by atoms with Crippen molar-refractivity contribution in [2.75, 3.05) is 29.1 Å². The van der Waals surface area contributed by atoms with Crippen LogP contribution in [0.15, 0.2) is 41.0 Å². The highest BCUT2D eigenvalue weighted by molar-refractivity contribution is 8.07. The van der Waals surface area contributed by atoms with Gasteiger partial charge >= 0.3 is 6.18 Å². The van der Waals surface area contributed by atoms with E-state index < -0.39 is 22.7 Å². The molecule has 30 heavy (non-hydrogen) atoms. The van der Waals surface area contributed by atoms with Crippen LogP contribution in [-0.4, -0.2) is 45.8 Å². The number of halogens is 4. The van der Waals surface area contributed by atoms with E-state index in [1.54, 1.807) is 23.9 Å². The fraction of sp³-hybridized carbons (Fsp3) is 0.368. The van der Waals surface area contributed by atoms with E-state index in [-0.39, 0.29) is 29.9 Å². The number of furan rings is 1. The number of anilines is 1. The van der Waals surface area contributed by atoms with Gasteiger partial charge in [0.15, 0.2) is 0 Å². The van der Waals surface area contributed by atoms with Gasteiger partial charge in [-0.25, -0.2) is 0 Å². The zero-order valence-corrected chi connectivity index (χ0v) is 18.0. The molecule has 1 N–H and O–H groups in total. The summed E-state index contributed by atoms with van der Waals surface area (Å²) in [6.07, 6.45) is -3.18. The molecule has 1 aromatic carbocycles. The first-order valence-corrected chi connectivity index (χ1v) is 11.5. The summed E-state index contributed by atoms with van der Waals surface area (Å²) in [5.74, 6) is 2.14. The van der Waals surface area contributed by atoms with E-state index in [4.69, 9.17) is 16.0 Å². The Labute approximate surface area is 184 Å². The summed E-state index contributed by atoms with van der Waals surface area (Å²) in [5.41, 5.74) is -1.09. The molecule has 3 rings (SSSR count). The Morgan fingerprint density at radius 2 is 2.07 bits per heavy atom. The Kier molecular flexibility index (Phi) is 7.65. The number of benzene rings is 1. The summed E-state index contributed by atoms with van der Waals surface area (Å²) in [6, 6.07) is 6.49. The first-order chi connectivity index (χ1) is 14.2. The SMILES string of the molecule is O=C(CN(Cc1ccco1)C(=O)C1CSCCS1)Nc1ccc(Cl)c(C(F)(F)F)c1. The van der Waals surface area contributed by atoms with Crippen molar-refractivity contribution in [2.24, 2.45) is 0 Å². The van der Waals surface area contributed by atoms with Crippen LogP contribution in [0.3, 0.4) is 0 Å². The molecule has 2 amide bonds. The molecular weight excluding hydrogens is 461 g/mol. The number of amides is 2. The third kappa shape index (κ3) is 6.12. The number of carbonyl (C=O) groups excluding carboxylic acids is 2. The van der Waals surface area contributed by atoms with Crippen LogP contribution in [-0.2, 0) is 22.3 Å². The molecule has 2 heterocycles. The molecule has 0 spiro atoms. The van der Waals surface area contributed by atoms with Gasteiger partial charge in [0.1, 0.15) is 12.3 Å². The van der Waals surface area contributed by atoms with E-state index >= 15 is 0 Å². The van der Waals surface area contributed by atoms with Gasteiger partial charge in [0.2, 0.25) is 11.8 Å². The molecule has 0 saturated carbocycles. The summed E-state index contributed by atoms with van der Waals surface area (Å²) in [4.78, 5) is 26.8. The van der Waals surface area contributed by atoms with Gasteiger partial charge in [-0.1, -0.05) is 11.6 Å². The van der Waals surface area contributed by atoms with Crippen molar-refractivity contribution in [1.29, 1.82) is 0 Å². The van der Waals surface area contributed by atoms with Crippen molar-refractivity contribution in [1.82, 2.24) is 4.90 Å². The second kappa shape index (κ2) is 10.0. The van der Waals surface area contributed by atoms with Crippen LogP contribution in [0.4, 0.5) is 18.9 Å². The number of thioether (sulfide) groups is 2. The van der Waals surface area contributed by atoms with Crippen molar-refractivity contribution in [3.8, 4) is 0 Å². The Balaban J connectivity index is 1.72. The zero-order valence-electron chi connectivity index (χ0n) is 15.6. The molecule has 1 aromatic heterocycles. The third-order valence-electron chi connectivity index (χ3n) is 4.22. The maximum Gasteiger partial charge on any atom is 0.417 e. The van der Waals surface area contributed by atoms with Crippen LogP contribution in [0, 0.1) is 0 Å². The van der Waals surface area contributed by atoms with Gasteiger partial charge in [-0.05, 0) is 30.3 Å². The summed E-state index contributed by atoms with van der Waals surface area (Å²) in [7, 11) is 0. The molecule has 5 nitrogen and oxygen atoms in total. The Morgan fingerprint density at radius 1 is 1.27 bits per heavy atom. The molecule has 0 radical (unpaired) electrons. The molecule has 1 fully saturated rings. The first-order valence-electron chi connectivity index (χ1n) is 8.91. The minimum Gasteiger partial charge on any atom is -0.467 e. The molecule has 1 aliphatic rings. The molecule has 1 atom stereocenters. The molecule has 2 aromatic rings. The van der Waals surface area contributed by atoms with Crippen LogP contribution < -0.4 is 5.32 Å². The Morgan fingerprint density at radius 3 is 2.70 bits per heavy atom. The van der Waals surface area contributed by atoms with Crippen LogP contribution in [0.5, 0.6) is 0 Å². The van der Waals surface area contributed by atoms with E-state index in [0.29, 0.717) is 11.5 Å². The maximum atomic E-state index is 13.0. The number of nitrogens with one attached hydrogen (secondary N) is 1. The summed E-state index contributed by atoms with van der Waals surface area (Å²) in [5, 5.41) is 1.68. The predicted octanol–water partition coefficient (Wildman–Crippen LogP) is 4.77. The number of nitrogens with zero attached hydrogens (tertiary/aromatic N) is 1. The molecule has 1 aliphatic heterocycles. The van der Waals surface area contributed by atoms with Crippen molar-refractivity contribution < 1.29 is 27.2 Å². The number of hydrogen-bond donors (Lipinski definition) is 1. The van der Waals surface area contributed by atoms with E-state index in [0.717, 1.165) is 23.6 Å². The van der Waals surface area contributed by atoms with Gasteiger partial charge in [0, 0.05) is 22.9 Å². The lowest BCUT2D eigenvalue weighted by Gasteiger charge is -2.28. The zero-order chi connectivity index (χ0) is 21.7. The van der Waals surface area contributed by atoms with Crippen LogP contribution in [0.25, 0.3) is 0 Å². The smallest absolute Gasteiger partial charge is 0.417 e. The van der Waals surface area contributed by atoms with Gasteiger partial charge in [0.25, 0.3) is 0 Å². The quantitative estimate of drug-likeness (QED) is 0.648. The van der Waals surface area contributed by atoms with E-state index in [2.05, 4.69) is 5.32 Å². The van der Waals surface area contributed by atoms with Gasteiger partial charge in [-0.3, -0.25) is 9.59 Å². The average Bonchev–Trinajstić information content (AvgIpc) is 3.21. The molecule has 0 aliphatic carbocycles. The maximum absolute atomic E-state index is 13.0. The fourth-order valence-electron chi connectivity index (χ4n) is 2.83. The van der Waals surface area contributed by atoms with E-state index in [9.17, 15) is 22.8 Å². The van der Waals surface area contributed by atoms with Crippen molar-refractivity contribution >= 4 is 52.6 Å². The summed E-state index contributed by atoms with van der Waals surface area (Å²) in [6.45, 7) is -0.222. The predicted molar refractivity (Wildman–Crippen MR) is 113 cm³/mol. The normalized spacial score (nSPS) is 16.9. The lowest BCUT2D eigenvalue weighted by molar-refractivity contribution is -0.137. The van der Waals surface area contributed by atoms with Crippen LogP contribution in [0.1, 0.15) is 11.3 Å². The minimum atomic E-state index is -4.64. The Hall–Kier alpha value is -1.78. The number of carbonyl (C=O) groups is 2. The first kappa shape index (κ1) is 22.9. The second-order valence-corrected chi connectivity index (χ2v) is 9.32. The van der Waals surface area contributed by atoms with Crippen molar-refractivity contribution in [3.05, 3.63) is 52.9 Å². The highest BCUT2D eigenvalue weighted by Gasteiger charge is 2.34. The molecule has 11 heteroatoms. The average molecular weight is 479 g/mol. The number of hydrogen-bond acceptors (Lipinski definition) is 5. The van der Waals surface area contributed by atoms with Gasteiger partial charge < -0.3 is 14.6 Å². The highest BCUT2D eigenvalue weighted by atomic mass is 35.5. The molecule has 1 unspecified atom stereocenters. The monoisotopic (exact) mass is 478 g/mol. The number of alkyl halides is 3. The standard InChI is InChI=1S/C19H18ClF3N2O3S2/c20-15-4-3-12(8-14(15)19(21,22)23)24-17(26)10-25(9-13-2-1-5-28-13)18(27)16-11-29-6-7-30-16/h1-5,8,16H,6-7,9-11H2,(H,24,26). The highest BCUT2D eigenvalue weighted by Crippen LogP contribution is 2.36. The van der Waals surface area contributed by atoms with Crippen molar-refractivity contribution in [2.45, 2.75) is 18.0 Å². The summed E-state index contributed by atoms with van der Waals surface area (Å²) >= 11 is 8.82. The van der Waals surface area contributed by atoms with Gasteiger partial charge in [0.05, 0.1) is 28.6 Å². The number of rotatable bonds is 6. The fourth-order valence-corrected chi connectivity index (χ4v) is 5.68. The van der Waals surface area contributed by atoms with E-state index in [1.165, 1.54) is 29.0 Å². The molecule has 162 valence electrons. The van der Waals surface area contributed by atoms with Crippen LogP contribution in [0.2, 0.25) is 5.02 Å². The van der Waals surface area contributed by atoms with Crippen LogP contribution >= 0.6 is 35.1 Å². The van der Waals surface area contributed by atoms with Crippen molar-refractivity contribution in [3.63, 3.8) is 0 Å². The third-order valence-corrected chi connectivity index (χ3v) is 7.29. The molecule has 1 saturated heterocycles. The summed E-state index contributed by atoms with van der Waals surface area (Å²) < 4.78 is 44.4. The molecular formula is C19H18ClF3N2O3S2. The van der Waals surface area contributed by atoms with E-state index in [1.807, 2.05) is 0 Å².